The smallest absolute Gasteiger partial charge is 0.113 e. The molecule has 0 saturated heterocycles. The maximum Gasteiger partial charge on any atom is 0.113 e. The number of hydrogen-bond acceptors (Lipinski definition) is 4. The zero-order valence-electron chi connectivity index (χ0n) is 9.82. The van der Waals surface area contributed by atoms with Gasteiger partial charge in [0, 0.05) is 13.0 Å². The zero-order chi connectivity index (χ0) is 11.3. The van der Waals surface area contributed by atoms with E-state index >= 15 is 0 Å². The summed E-state index contributed by atoms with van der Waals surface area (Å²) in [7, 11) is 0. The van der Waals surface area contributed by atoms with Gasteiger partial charge in [-0.05, 0) is 18.9 Å². The first kappa shape index (κ1) is 12.5. The molecule has 0 aromatic carbocycles. The van der Waals surface area contributed by atoms with Crippen LogP contribution in [0.2, 0.25) is 0 Å². The Morgan fingerprint density at radius 2 is 2.33 bits per heavy atom. The lowest BCUT2D eigenvalue weighted by Gasteiger charge is -2.29. The molecule has 88 valence electrons. The molecule has 1 aliphatic heterocycles. The Hall–Kier alpha value is -0.580. The van der Waals surface area contributed by atoms with Crippen LogP contribution in [0.15, 0.2) is 11.8 Å². The molecule has 15 heavy (non-hydrogen) atoms. The van der Waals surface area contributed by atoms with E-state index in [0.717, 1.165) is 18.8 Å². The standard InChI is InChI=1S/C11H22N2O2/c1-4-14-11(8(2)3)10(13-12)9-6-5-7-15-9/h6,8,10-11,13H,4-5,7,12H2,1-3H3. The number of ether oxygens (including phenoxy) is 2. The zero-order valence-corrected chi connectivity index (χ0v) is 9.82. The summed E-state index contributed by atoms with van der Waals surface area (Å²) in [6, 6.07) is -0.0348. The van der Waals surface area contributed by atoms with Crippen LogP contribution in [0.25, 0.3) is 0 Å². The summed E-state index contributed by atoms with van der Waals surface area (Å²) < 4.78 is 11.2. The predicted octanol–water partition coefficient (Wildman–Crippen LogP) is 1.18. The molecule has 0 aromatic rings. The molecule has 3 N–H and O–H groups in total. The lowest BCUT2D eigenvalue weighted by Crippen LogP contribution is -2.48. The van der Waals surface area contributed by atoms with Crippen molar-refractivity contribution >= 4 is 0 Å². The van der Waals surface area contributed by atoms with E-state index in [1.165, 1.54) is 0 Å². The molecule has 1 aliphatic rings. The van der Waals surface area contributed by atoms with Crippen molar-refractivity contribution in [1.82, 2.24) is 5.43 Å². The minimum atomic E-state index is -0.0348. The van der Waals surface area contributed by atoms with Gasteiger partial charge < -0.3 is 9.47 Å². The van der Waals surface area contributed by atoms with Crippen LogP contribution in [0.1, 0.15) is 27.2 Å². The van der Waals surface area contributed by atoms with Gasteiger partial charge in [-0.2, -0.15) is 0 Å². The van der Waals surface area contributed by atoms with Gasteiger partial charge in [-0.15, -0.1) is 0 Å². The molecule has 1 rings (SSSR count). The Bertz CT molecular complexity index is 217. The van der Waals surface area contributed by atoms with E-state index in [4.69, 9.17) is 15.3 Å². The molecule has 0 aliphatic carbocycles. The highest BCUT2D eigenvalue weighted by atomic mass is 16.5. The Morgan fingerprint density at radius 1 is 1.60 bits per heavy atom. The normalized spacial score (nSPS) is 19.9. The average Bonchev–Trinajstić information content (AvgIpc) is 2.71. The van der Waals surface area contributed by atoms with Gasteiger partial charge in [0.1, 0.15) is 11.8 Å². The van der Waals surface area contributed by atoms with Crippen molar-refractivity contribution in [3.05, 3.63) is 11.8 Å². The van der Waals surface area contributed by atoms with Crippen molar-refractivity contribution in [1.29, 1.82) is 0 Å². The van der Waals surface area contributed by atoms with Crippen molar-refractivity contribution in [2.75, 3.05) is 13.2 Å². The third-order valence-electron chi connectivity index (χ3n) is 2.56. The molecule has 0 fully saturated rings. The van der Waals surface area contributed by atoms with E-state index in [-0.39, 0.29) is 12.1 Å². The minimum absolute atomic E-state index is 0.0348. The highest BCUT2D eigenvalue weighted by Gasteiger charge is 2.29. The van der Waals surface area contributed by atoms with E-state index in [2.05, 4.69) is 25.3 Å². The summed E-state index contributed by atoms with van der Waals surface area (Å²) in [6.07, 6.45) is 3.10. The molecule has 4 heteroatoms. The van der Waals surface area contributed by atoms with Crippen molar-refractivity contribution < 1.29 is 9.47 Å². The first-order valence-electron chi connectivity index (χ1n) is 5.61. The van der Waals surface area contributed by atoms with Gasteiger partial charge >= 0.3 is 0 Å². The predicted molar refractivity (Wildman–Crippen MR) is 60.0 cm³/mol. The monoisotopic (exact) mass is 214 g/mol. The molecule has 1 heterocycles. The minimum Gasteiger partial charge on any atom is -0.496 e. The lowest BCUT2D eigenvalue weighted by molar-refractivity contribution is -0.000442. The number of rotatable bonds is 6. The average molecular weight is 214 g/mol. The summed E-state index contributed by atoms with van der Waals surface area (Å²) in [4.78, 5) is 0. The molecule has 2 atom stereocenters. The summed E-state index contributed by atoms with van der Waals surface area (Å²) >= 11 is 0. The van der Waals surface area contributed by atoms with Crippen molar-refractivity contribution in [3.63, 3.8) is 0 Å². The first-order valence-corrected chi connectivity index (χ1v) is 5.61. The van der Waals surface area contributed by atoms with E-state index < -0.39 is 0 Å². The summed E-state index contributed by atoms with van der Waals surface area (Å²) in [6.45, 7) is 7.69. The number of hydrogen-bond donors (Lipinski definition) is 2. The fourth-order valence-corrected chi connectivity index (χ4v) is 1.86. The fourth-order valence-electron chi connectivity index (χ4n) is 1.86. The molecule has 0 bridgehead atoms. The second kappa shape index (κ2) is 6.10. The Balaban J connectivity index is 2.68. The van der Waals surface area contributed by atoms with E-state index in [1.54, 1.807) is 0 Å². The van der Waals surface area contributed by atoms with Gasteiger partial charge in [-0.3, -0.25) is 5.84 Å². The van der Waals surface area contributed by atoms with Crippen LogP contribution < -0.4 is 11.3 Å². The van der Waals surface area contributed by atoms with Crippen molar-refractivity contribution in [3.8, 4) is 0 Å². The van der Waals surface area contributed by atoms with Crippen LogP contribution in [0.5, 0.6) is 0 Å². The first-order chi connectivity index (χ1) is 7.20. The molecule has 4 nitrogen and oxygen atoms in total. The van der Waals surface area contributed by atoms with Crippen LogP contribution in [-0.4, -0.2) is 25.4 Å². The second-order valence-corrected chi connectivity index (χ2v) is 4.05. The van der Waals surface area contributed by atoms with E-state index in [9.17, 15) is 0 Å². The quantitative estimate of drug-likeness (QED) is 0.515. The van der Waals surface area contributed by atoms with Crippen LogP contribution in [0.4, 0.5) is 0 Å². The van der Waals surface area contributed by atoms with Crippen molar-refractivity contribution in [2.24, 2.45) is 11.8 Å². The van der Waals surface area contributed by atoms with Crippen LogP contribution in [-0.2, 0) is 9.47 Å². The highest BCUT2D eigenvalue weighted by Crippen LogP contribution is 2.21. The summed E-state index contributed by atoms with van der Waals surface area (Å²) in [5.74, 6) is 6.89. The van der Waals surface area contributed by atoms with Gasteiger partial charge in [0.05, 0.1) is 12.7 Å². The number of nitrogens with one attached hydrogen (secondary N) is 1. The van der Waals surface area contributed by atoms with Crippen molar-refractivity contribution in [2.45, 2.75) is 39.3 Å². The molecular weight excluding hydrogens is 192 g/mol. The second-order valence-electron chi connectivity index (χ2n) is 4.05. The molecule has 2 unspecified atom stereocenters. The molecule has 0 aromatic heterocycles. The van der Waals surface area contributed by atoms with E-state index in [1.807, 2.05) is 6.92 Å². The number of hydrazine groups is 1. The summed E-state index contributed by atoms with van der Waals surface area (Å²) in [5, 5.41) is 0. The number of nitrogens with two attached hydrogens (primary N) is 1. The third-order valence-corrected chi connectivity index (χ3v) is 2.56. The van der Waals surface area contributed by atoms with Gasteiger partial charge in [0.2, 0.25) is 0 Å². The lowest BCUT2D eigenvalue weighted by atomic mass is 9.98. The fraction of sp³-hybridized carbons (Fsp3) is 0.818. The van der Waals surface area contributed by atoms with Gasteiger partial charge in [-0.1, -0.05) is 13.8 Å². The van der Waals surface area contributed by atoms with Crippen LogP contribution >= 0.6 is 0 Å². The van der Waals surface area contributed by atoms with Gasteiger partial charge in [0.25, 0.3) is 0 Å². The molecular formula is C11H22N2O2. The largest absolute Gasteiger partial charge is 0.496 e. The van der Waals surface area contributed by atoms with Crippen LogP contribution in [0, 0.1) is 5.92 Å². The Kier molecular flexibility index (Phi) is 5.08. The maximum absolute atomic E-state index is 5.71. The SMILES string of the molecule is CCOC(C(C)C)C(NN)C1=CCCO1. The van der Waals surface area contributed by atoms with Gasteiger partial charge in [-0.25, -0.2) is 5.43 Å². The molecule has 0 spiro atoms. The maximum atomic E-state index is 5.71. The summed E-state index contributed by atoms with van der Waals surface area (Å²) in [5.41, 5.74) is 2.79. The Labute approximate surface area is 91.8 Å². The topological polar surface area (TPSA) is 56.5 Å². The molecule has 0 saturated carbocycles. The third kappa shape index (κ3) is 3.19. The molecule has 0 radical (unpaired) electrons. The highest BCUT2D eigenvalue weighted by molar-refractivity contribution is 5.09. The Morgan fingerprint density at radius 3 is 2.73 bits per heavy atom. The molecule has 0 amide bonds. The van der Waals surface area contributed by atoms with E-state index in [0.29, 0.717) is 12.5 Å². The van der Waals surface area contributed by atoms with Gasteiger partial charge in [0.15, 0.2) is 0 Å². The van der Waals surface area contributed by atoms with Crippen LogP contribution in [0.3, 0.4) is 0 Å².